The largest absolute Gasteiger partial charge is 0.481 e. The fourth-order valence-electron chi connectivity index (χ4n) is 1.41. The standard InChI is InChI=1S/C12H20N4O2.C2H4O2/c1-12(2,3)18-11(17)15-6-9-5-8(10(13)14)7-16(9)4;1-2(3)4/h5,7H,6H2,1-4H3,(H3,13,14)(H,15,17);1H3,(H,3,4). The number of rotatable bonds is 3. The van der Waals surface area contributed by atoms with Crippen molar-refractivity contribution in [3.8, 4) is 0 Å². The number of hydrogen-bond donors (Lipinski definition) is 4. The number of ether oxygens (including phenoxy) is 1. The van der Waals surface area contributed by atoms with E-state index >= 15 is 0 Å². The lowest BCUT2D eigenvalue weighted by Gasteiger charge is -2.19. The Balaban J connectivity index is 0.000000980. The number of aryl methyl sites for hydroxylation is 1. The number of carbonyl (C=O) groups excluding carboxylic acids is 1. The SMILES string of the molecule is CC(=O)O.Cn1cc(C(=N)N)cc1CNC(=O)OC(C)(C)C. The first-order valence-electron chi connectivity index (χ1n) is 6.58. The monoisotopic (exact) mass is 312 g/mol. The molecule has 1 rings (SSSR count). The van der Waals surface area contributed by atoms with Crippen LogP contribution < -0.4 is 11.1 Å². The summed E-state index contributed by atoms with van der Waals surface area (Å²) in [5.74, 6) is -0.825. The predicted molar refractivity (Wildman–Crippen MR) is 82.8 cm³/mol. The molecule has 1 aromatic rings. The van der Waals surface area contributed by atoms with Gasteiger partial charge in [0.15, 0.2) is 0 Å². The van der Waals surface area contributed by atoms with Gasteiger partial charge in [-0.05, 0) is 26.8 Å². The first kappa shape index (κ1) is 19.5. The van der Waals surface area contributed by atoms with Crippen molar-refractivity contribution in [3.63, 3.8) is 0 Å². The zero-order valence-corrected chi connectivity index (χ0v) is 13.6. The summed E-state index contributed by atoms with van der Waals surface area (Å²) < 4.78 is 6.94. The van der Waals surface area contributed by atoms with Crippen LogP contribution in [0.4, 0.5) is 4.79 Å². The van der Waals surface area contributed by atoms with E-state index in [-0.39, 0.29) is 5.84 Å². The van der Waals surface area contributed by atoms with Gasteiger partial charge in [0.2, 0.25) is 0 Å². The number of amides is 1. The number of nitrogen functional groups attached to an aromatic ring is 1. The number of carboxylic acid groups (broad SMARTS) is 1. The number of carbonyl (C=O) groups is 2. The molecule has 8 nitrogen and oxygen atoms in total. The molecule has 22 heavy (non-hydrogen) atoms. The molecule has 0 radical (unpaired) electrons. The van der Waals surface area contributed by atoms with Crippen LogP contribution >= 0.6 is 0 Å². The van der Waals surface area contributed by atoms with E-state index in [1.54, 1.807) is 12.3 Å². The first-order chi connectivity index (χ1) is 9.92. The number of aromatic nitrogens is 1. The first-order valence-corrected chi connectivity index (χ1v) is 6.58. The van der Waals surface area contributed by atoms with Gasteiger partial charge in [-0.3, -0.25) is 10.2 Å². The molecule has 0 bridgehead atoms. The molecule has 0 saturated heterocycles. The zero-order chi connectivity index (χ0) is 17.5. The van der Waals surface area contributed by atoms with E-state index in [1.807, 2.05) is 32.4 Å². The molecule has 0 aliphatic heterocycles. The second-order valence-corrected chi connectivity index (χ2v) is 5.62. The Kier molecular flexibility index (Phi) is 7.14. The minimum Gasteiger partial charge on any atom is -0.481 e. The van der Waals surface area contributed by atoms with E-state index in [0.29, 0.717) is 12.1 Å². The summed E-state index contributed by atoms with van der Waals surface area (Å²) in [6.45, 7) is 6.84. The number of aliphatic carboxylic acids is 1. The highest BCUT2D eigenvalue weighted by Gasteiger charge is 2.16. The van der Waals surface area contributed by atoms with Gasteiger partial charge in [0.05, 0.1) is 6.54 Å². The van der Waals surface area contributed by atoms with E-state index in [1.165, 1.54) is 0 Å². The number of hydrogen-bond acceptors (Lipinski definition) is 4. The summed E-state index contributed by atoms with van der Waals surface area (Å²) in [6.07, 6.45) is 1.28. The Hall–Kier alpha value is -2.51. The predicted octanol–water partition coefficient (Wildman–Crippen LogP) is 1.42. The number of nitrogens with two attached hydrogens (primary N) is 1. The van der Waals surface area contributed by atoms with Crippen molar-refractivity contribution in [1.82, 2.24) is 9.88 Å². The second-order valence-electron chi connectivity index (χ2n) is 5.62. The Morgan fingerprint density at radius 2 is 1.95 bits per heavy atom. The highest BCUT2D eigenvalue weighted by molar-refractivity contribution is 5.95. The summed E-state index contributed by atoms with van der Waals surface area (Å²) in [5.41, 5.74) is 6.37. The number of alkyl carbamates (subject to hydrolysis) is 1. The van der Waals surface area contributed by atoms with Crippen LogP contribution in [0.25, 0.3) is 0 Å². The van der Waals surface area contributed by atoms with E-state index < -0.39 is 17.7 Å². The van der Waals surface area contributed by atoms with Crippen molar-refractivity contribution >= 4 is 17.9 Å². The third kappa shape index (κ3) is 8.62. The van der Waals surface area contributed by atoms with Crippen molar-refractivity contribution < 1.29 is 19.4 Å². The van der Waals surface area contributed by atoms with Crippen LogP contribution in [0, 0.1) is 5.41 Å². The fraction of sp³-hybridized carbons (Fsp3) is 0.500. The number of carboxylic acids is 1. The normalized spacial score (nSPS) is 10.2. The van der Waals surface area contributed by atoms with Gasteiger partial charge >= 0.3 is 6.09 Å². The van der Waals surface area contributed by atoms with Gasteiger partial charge in [0.1, 0.15) is 11.4 Å². The molecule has 5 N–H and O–H groups in total. The smallest absolute Gasteiger partial charge is 0.407 e. The lowest BCUT2D eigenvalue weighted by atomic mass is 10.2. The molecule has 0 atom stereocenters. The zero-order valence-electron chi connectivity index (χ0n) is 13.6. The maximum atomic E-state index is 11.5. The summed E-state index contributed by atoms with van der Waals surface area (Å²) in [7, 11) is 1.83. The summed E-state index contributed by atoms with van der Waals surface area (Å²) >= 11 is 0. The van der Waals surface area contributed by atoms with Gasteiger partial charge in [0, 0.05) is 31.4 Å². The highest BCUT2D eigenvalue weighted by Crippen LogP contribution is 2.09. The van der Waals surface area contributed by atoms with E-state index in [0.717, 1.165) is 12.6 Å². The quantitative estimate of drug-likeness (QED) is 0.495. The molecule has 124 valence electrons. The average Bonchev–Trinajstić information content (AvgIpc) is 2.65. The minimum atomic E-state index is -0.833. The van der Waals surface area contributed by atoms with Gasteiger partial charge in [-0.2, -0.15) is 0 Å². The summed E-state index contributed by atoms with van der Waals surface area (Å²) in [5, 5.41) is 17.4. The van der Waals surface area contributed by atoms with Gasteiger partial charge in [0.25, 0.3) is 5.97 Å². The van der Waals surface area contributed by atoms with Gasteiger partial charge in [-0.25, -0.2) is 4.79 Å². The molecule has 8 heteroatoms. The number of nitrogens with one attached hydrogen (secondary N) is 2. The van der Waals surface area contributed by atoms with Crippen LogP contribution in [-0.2, 0) is 23.1 Å². The van der Waals surface area contributed by atoms with Crippen LogP contribution in [0.1, 0.15) is 39.0 Å². The molecule has 0 aromatic carbocycles. The molecule has 1 amide bonds. The Morgan fingerprint density at radius 1 is 1.45 bits per heavy atom. The van der Waals surface area contributed by atoms with E-state index in [9.17, 15) is 4.79 Å². The van der Waals surface area contributed by atoms with Gasteiger partial charge in [-0.15, -0.1) is 0 Å². The fourth-order valence-corrected chi connectivity index (χ4v) is 1.41. The summed E-state index contributed by atoms with van der Waals surface area (Å²) in [4.78, 5) is 20.5. The maximum Gasteiger partial charge on any atom is 0.407 e. The number of nitrogens with zero attached hydrogens (tertiary/aromatic N) is 1. The van der Waals surface area contributed by atoms with E-state index in [4.69, 9.17) is 25.8 Å². The molecule has 0 saturated carbocycles. The minimum absolute atomic E-state index is 0.00844. The summed E-state index contributed by atoms with van der Waals surface area (Å²) in [6, 6.07) is 1.76. The molecule has 1 heterocycles. The van der Waals surface area contributed by atoms with Crippen molar-refractivity contribution in [3.05, 3.63) is 23.5 Å². The highest BCUT2D eigenvalue weighted by atomic mass is 16.6. The van der Waals surface area contributed by atoms with Crippen LogP contribution in [0.5, 0.6) is 0 Å². The Morgan fingerprint density at radius 3 is 2.32 bits per heavy atom. The lowest BCUT2D eigenvalue weighted by molar-refractivity contribution is -0.134. The molecule has 0 spiro atoms. The Bertz CT molecular complexity index is 540. The molecule has 0 aliphatic carbocycles. The van der Waals surface area contributed by atoms with Crippen LogP contribution in [-0.4, -0.2) is 33.2 Å². The van der Waals surface area contributed by atoms with Crippen molar-refractivity contribution in [2.24, 2.45) is 12.8 Å². The van der Waals surface area contributed by atoms with Crippen molar-refractivity contribution in [2.75, 3.05) is 0 Å². The number of amidine groups is 1. The average molecular weight is 312 g/mol. The van der Waals surface area contributed by atoms with Crippen LogP contribution in [0.3, 0.4) is 0 Å². The molecular formula is C14H24N4O4. The van der Waals surface area contributed by atoms with Crippen molar-refractivity contribution in [2.45, 2.75) is 39.8 Å². The second kappa shape index (κ2) is 8.06. The topological polar surface area (TPSA) is 130 Å². The maximum absolute atomic E-state index is 11.5. The Labute approximate surface area is 129 Å². The molecular weight excluding hydrogens is 288 g/mol. The van der Waals surface area contributed by atoms with Gasteiger partial charge < -0.3 is 25.5 Å². The molecule has 1 aromatic heterocycles. The van der Waals surface area contributed by atoms with E-state index in [2.05, 4.69) is 5.32 Å². The third-order valence-electron chi connectivity index (χ3n) is 2.23. The van der Waals surface area contributed by atoms with Crippen molar-refractivity contribution in [1.29, 1.82) is 5.41 Å². The lowest BCUT2D eigenvalue weighted by Crippen LogP contribution is -2.32. The van der Waals surface area contributed by atoms with Crippen LogP contribution in [0.2, 0.25) is 0 Å². The molecule has 0 fully saturated rings. The van der Waals surface area contributed by atoms with Crippen LogP contribution in [0.15, 0.2) is 12.3 Å². The van der Waals surface area contributed by atoms with Gasteiger partial charge in [-0.1, -0.05) is 0 Å². The molecule has 0 aliphatic rings. The molecule has 0 unspecified atom stereocenters. The third-order valence-corrected chi connectivity index (χ3v) is 2.23.